The van der Waals surface area contributed by atoms with Gasteiger partial charge in [-0.2, -0.15) is 0 Å². The SMILES string of the molecule is Nc1nc(NCCCn2cc(C(=O)NCCCN3CCCC3=O)c(-c3ccc(-n4ccnc4)cc3)c2)ccc1[N+](=O)[O-]. The fraction of sp³-hybridized carbons (Fsp3) is 0.310. The molecular formula is C29H33N9O4. The number of nitrogens with zero attached hydrogens (tertiary/aromatic N) is 6. The second-order valence-electron chi connectivity index (χ2n) is 10.1. The molecule has 0 atom stereocenters. The fourth-order valence-electron chi connectivity index (χ4n) is 4.98. The highest BCUT2D eigenvalue weighted by Crippen LogP contribution is 2.27. The molecule has 2 amide bonds. The van der Waals surface area contributed by atoms with Gasteiger partial charge in [0.15, 0.2) is 0 Å². The number of pyridine rings is 1. The van der Waals surface area contributed by atoms with Crippen LogP contribution < -0.4 is 16.4 Å². The van der Waals surface area contributed by atoms with Gasteiger partial charge >= 0.3 is 5.69 Å². The lowest BCUT2D eigenvalue weighted by atomic mass is 10.0. The van der Waals surface area contributed by atoms with Gasteiger partial charge in [0.25, 0.3) is 5.91 Å². The molecule has 0 radical (unpaired) electrons. The number of carbonyl (C=O) groups is 2. The molecule has 4 heterocycles. The highest BCUT2D eigenvalue weighted by molar-refractivity contribution is 6.01. The van der Waals surface area contributed by atoms with Crippen molar-refractivity contribution < 1.29 is 14.5 Å². The van der Waals surface area contributed by atoms with Crippen LogP contribution in [0.1, 0.15) is 36.0 Å². The van der Waals surface area contributed by atoms with Gasteiger partial charge in [-0.3, -0.25) is 19.7 Å². The van der Waals surface area contributed by atoms with Crippen molar-refractivity contribution in [3.05, 3.63) is 83.2 Å². The Morgan fingerprint density at radius 2 is 1.88 bits per heavy atom. The highest BCUT2D eigenvalue weighted by Gasteiger charge is 2.20. The van der Waals surface area contributed by atoms with Crippen molar-refractivity contribution >= 4 is 29.1 Å². The van der Waals surface area contributed by atoms with Gasteiger partial charge in [0.2, 0.25) is 11.7 Å². The first-order valence-corrected chi connectivity index (χ1v) is 13.9. The summed E-state index contributed by atoms with van der Waals surface area (Å²) in [6.45, 7) is 3.08. The molecule has 218 valence electrons. The first-order chi connectivity index (χ1) is 20.4. The average Bonchev–Trinajstić information content (AvgIpc) is 3.75. The summed E-state index contributed by atoms with van der Waals surface area (Å²) in [5.74, 6) is 0.336. The third kappa shape index (κ3) is 6.74. The van der Waals surface area contributed by atoms with E-state index in [0.29, 0.717) is 56.8 Å². The smallest absolute Gasteiger partial charge is 0.311 e. The topological polar surface area (TPSA) is 166 Å². The molecule has 1 fully saturated rings. The van der Waals surface area contributed by atoms with E-state index in [4.69, 9.17) is 5.73 Å². The number of anilines is 2. The molecule has 1 saturated heterocycles. The van der Waals surface area contributed by atoms with E-state index in [9.17, 15) is 19.7 Å². The molecular weight excluding hydrogens is 538 g/mol. The molecule has 13 nitrogen and oxygen atoms in total. The number of hydrogen-bond donors (Lipinski definition) is 3. The molecule has 42 heavy (non-hydrogen) atoms. The number of carbonyl (C=O) groups excluding carboxylic acids is 2. The summed E-state index contributed by atoms with van der Waals surface area (Å²) >= 11 is 0. The lowest BCUT2D eigenvalue weighted by Crippen LogP contribution is -2.30. The third-order valence-corrected chi connectivity index (χ3v) is 7.17. The van der Waals surface area contributed by atoms with Gasteiger partial charge < -0.3 is 30.4 Å². The molecule has 1 aliphatic rings. The maximum Gasteiger partial charge on any atom is 0.311 e. The van der Waals surface area contributed by atoms with Gasteiger partial charge in [-0.1, -0.05) is 12.1 Å². The van der Waals surface area contributed by atoms with Gasteiger partial charge in [-0.05, 0) is 43.0 Å². The van der Waals surface area contributed by atoms with E-state index in [-0.39, 0.29) is 23.3 Å². The zero-order valence-corrected chi connectivity index (χ0v) is 23.1. The van der Waals surface area contributed by atoms with Crippen molar-refractivity contribution in [2.24, 2.45) is 0 Å². The van der Waals surface area contributed by atoms with Crippen LogP contribution in [0.2, 0.25) is 0 Å². The molecule has 5 rings (SSSR count). The van der Waals surface area contributed by atoms with Crippen molar-refractivity contribution in [3.8, 4) is 16.8 Å². The summed E-state index contributed by atoms with van der Waals surface area (Å²) in [4.78, 5) is 45.5. The van der Waals surface area contributed by atoms with Crippen molar-refractivity contribution in [1.29, 1.82) is 0 Å². The highest BCUT2D eigenvalue weighted by atomic mass is 16.6. The number of aromatic nitrogens is 4. The van der Waals surface area contributed by atoms with Crippen LogP contribution in [0.25, 0.3) is 16.8 Å². The first kappa shape index (κ1) is 28.3. The number of nitrogens with one attached hydrogen (secondary N) is 2. The van der Waals surface area contributed by atoms with Gasteiger partial charge in [0.05, 0.1) is 16.8 Å². The molecule has 1 aromatic carbocycles. The van der Waals surface area contributed by atoms with Crippen LogP contribution in [0.5, 0.6) is 0 Å². The van der Waals surface area contributed by atoms with E-state index in [1.807, 2.05) is 56.9 Å². The van der Waals surface area contributed by atoms with Gasteiger partial charge in [0, 0.05) is 81.2 Å². The summed E-state index contributed by atoms with van der Waals surface area (Å²) in [5.41, 5.74) is 8.71. The molecule has 4 N–H and O–H groups in total. The van der Waals surface area contributed by atoms with Crippen molar-refractivity contribution in [2.75, 3.05) is 37.2 Å². The normalized spacial score (nSPS) is 13.0. The van der Waals surface area contributed by atoms with E-state index < -0.39 is 4.92 Å². The number of amides is 2. The maximum absolute atomic E-state index is 13.3. The monoisotopic (exact) mass is 571 g/mol. The second kappa shape index (κ2) is 13.0. The van der Waals surface area contributed by atoms with Crippen LogP contribution in [0.3, 0.4) is 0 Å². The molecule has 4 aromatic rings. The van der Waals surface area contributed by atoms with Crippen LogP contribution in [0.15, 0.2) is 67.5 Å². The molecule has 3 aromatic heterocycles. The van der Waals surface area contributed by atoms with Gasteiger partial charge in [0.1, 0.15) is 5.82 Å². The minimum Gasteiger partial charge on any atom is -0.378 e. The lowest BCUT2D eigenvalue weighted by Gasteiger charge is -2.15. The largest absolute Gasteiger partial charge is 0.378 e. The molecule has 13 heteroatoms. The molecule has 0 saturated carbocycles. The van der Waals surface area contributed by atoms with E-state index in [2.05, 4.69) is 20.6 Å². The Morgan fingerprint density at radius 3 is 2.57 bits per heavy atom. The number of nitrogen functional groups attached to an aromatic ring is 1. The Balaban J connectivity index is 1.24. The molecule has 0 spiro atoms. The van der Waals surface area contributed by atoms with Crippen LogP contribution in [-0.4, -0.2) is 66.9 Å². The van der Waals surface area contributed by atoms with E-state index in [1.54, 1.807) is 12.5 Å². The predicted molar refractivity (Wildman–Crippen MR) is 158 cm³/mol. The molecule has 0 aliphatic carbocycles. The van der Waals surface area contributed by atoms with E-state index >= 15 is 0 Å². The summed E-state index contributed by atoms with van der Waals surface area (Å²) < 4.78 is 3.89. The second-order valence-corrected chi connectivity index (χ2v) is 10.1. The standard InChI is InChI=1S/C29H33N9O4/c30-28-25(38(41)42)9-10-26(34-28)32-11-2-14-35-18-23(21-5-7-22(8-6-21)37-17-13-31-20-37)24(19-35)29(40)33-12-3-16-36-15-1-4-27(36)39/h5-10,13,17-20H,1-4,11-12,14-16H2,(H,33,40)(H3,30,32,34). The third-order valence-electron chi connectivity index (χ3n) is 7.17. The number of hydrogen-bond acceptors (Lipinski definition) is 8. The predicted octanol–water partition coefficient (Wildman–Crippen LogP) is 3.47. The number of benzene rings is 1. The van der Waals surface area contributed by atoms with Crippen LogP contribution in [0.4, 0.5) is 17.3 Å². The van der Waals surface area contributed by atoms with Crippen LogP contribution in [0, 0.1) is 10.1 Å². The summed E-state index contributed by atoms with van der Waals surface area (Å²) in [6, 6.07) is 10.8. The van der Waals surface area contributed by atoms with Gasteiger partial charge in [-0.15, -0.1) is 0 Å². The molecule has 0 unspecified atom stereocenters. The van der Waals surface area contributed by atoms with Crippen LogP contribution in [-0.2, 0) is 11.3 Å². The number of imidazole rings is 1. The number of nitro groups is 1. The van der Waals surface area contributed by atoms with E-state index in [1.165, 1.54) is 12.1 Å². The number of aryl methyl sites for hydroxylation is 1. The molecule has 1 aliphatic heterocycles. The van der Waals surface area contributed by atoms with Gasteiger partial charge in [-0.25, -0.2) is 9.97 Å². The zero-order valence-electron chi connectivity index (χ0n) is 23.1. The van der Waals surface area contributed by atoms with Crippen molar-refractivity contribution in [3.63, 3.8) is 0 Å². The molecule has 0 bridgehead atoms. The number of nitrogens with two attached hydrogens (primary N) is 1. The minimum atomic E-state index is -0.566. The van der Waals surface area contributed by atoms with Crippen molar-refractivity contribution in [2.45, 2.75) is 32.2 Å². The fourth-order valence-corrected chi connectivity index (χ4v) is 4.98. The summed E-state index contributed by atoms with van der Waals surface area (Å²) in [7, 11) is 0. The number of rotatable bonds is 13. The average molecular weight is 572 g/mol. The van der Waals surface area contributed by atoms with E-state index in [0.717, 1.165) is 29.8 Å². The number of likely N-dealkylation sites (tertiary alicyclic amines) is 1. The van der Waals surface area contributed by atoms with Crippen LogP contribution >= 0.6 is 0 Å². The Morgan fingerprint density at radius 1 is 1.07 bits per heavy atom. The Bertz CT molecular complexity index is 1550. The maximum atomic E-state index is 13.3. The Kier molecular flexibility index (Phi) is 8.75. The summed E-state index contributed by atoms with van der Waals surface area (Å²) in [6.07, 6.45) is 12.0. The Hall–Kier alpha value is -5.20. The lowest BCUT2D eigenvalue weighted by molar-refractivity contribution is -0.384. The Labute approximate surface area is 242 Å². The van der Waals surface area contributed by atoms with Crippen molar-refractivity contribution in [1.82, 2.24) is 29.3 Å². The quantitative estimate of drug-likeness (QED) is 0.125. The summed E-state index contributed by atoms with van der Waals surface area (Å²) in [5, 5.41) is 17.1. The first-order valence-electron chi connectivity index (χ1n) is 13.9. The zero-order chi connectivity index (χ0) is 29.5. The minimum absolute atomic E-state index is 0.137.